The first-order valence-corrected chi connectivity index (χ1v) is 5.43. The van der Waals surface area contributed by atoms with Crippen LogP contribution in [-0.2, 0) is 0 Å². The maximum Gasteiger partial charge on any atom is 0.101 e. The van der Waals surface area contributed by atoms with Crippen molar-refractivity contribution in [1.82, 2.24) is 0 Å². The third kappa shape index (κ3) is 2.10. The van der Waals surface area contributed by atoms with E-state index in [1.807, 2.05) is 12.1 Å². The lowest BCUT2D eigenvalue weighted by atomic mass is 10.1. The molecule has 1 heterocycles. The standard InChI is InChI=1S/C12H15N3O/c13-7-9-3-4-10(6-12(9)14)15-5-1-2-11(16)8-15/h3-4,6,11,16H,1-2,5,8,14H2. The number of nitrogens with two attached hydrogens (primary N) is 1. The van der Waals surface area contributed by atoms with E-state index in [1.165, 1.54) is 0 Å². The quantitative estimate of drug-likeness (QED) is 0.691. The molecule has 0 radical (unpaired) electrons. The first kappa shape index (κ1) is 10.8. The van der Waals surface area contributed by atoms with Crippen LogP contribution >= 0.6 is 0 Å². The van der Waals surface area contributed by atoms with Gasteiger partial charge in [0.15, 0.2) is 0 Å². The highest BCUT2D eigenvalue weighted by molar-refractivity contribution is 5.63. The molecular weight excluding hydrogens is 202 g/mol. The Morgan fingerprint density at radius 2 is 2.31 bits per heavy atom. The lowest BCUT2D eigenvalue weighted by molar-refractivity contribution is 0.154. The molecule has 0 aromatic heterocycles. The van der Waals surface area contributed by atoms with Crippen LogP contribution in [0.25, 0.3) is 0 Å². The molecule has 1 aliphatic rings. The fourth-order valence-corrected chi connectivity index (χ4v) is 2.04. The van der Waals surface area contributed by atoms with E-state index in [1.54, 1.807) is 12.1 Å². The van der Waals surface area contributed by atoms with Gasteiger partial charge in [-0.1, -0.05) is 0 Å². The molecule has 84 valence electrons. The first-order valence-electron chi connectivity index (χ1n) is 5.43. The van der Waals surface area contributed by atoms with Crippen molar-refractivity contribution in [3.05, 3.63) is 23.8 Å². The van der Waals surface area contributed by atoms with Gasteiger partial charge in [-0.3, -0.25) is 0 Å². The van der Waals surface area contributed by atoms with Gasteiger partial charge in [-0.2, -0.15) is 5.26 Å². The fraction of sp³-hybridized carbons (Fsp3) is 0.417. The zero-order chi connectivity index (χ0) is 11.5. The number of anilines is 2. The molecule has 0 amide bonds. The molecule has 1 aromatic rings. The number of piperidine rings is 1. The van der Waals surface area contributed by atoms with Crippen molar-refractivity contribution in [2.45, 2.75) is 18.9 Å². The smallest absolute Gasteiger partial charge is 0.101 e. The van der Waals surface area contributed by atoms with Crippen molar-refractivity contribution in [2.75, 3.05) is 23.7 Å². The van der Waals surface area contributed by atoms with E-state index in [0.29, 0.717) is 17.8 Å². The van der Waals surface area contributed by atoms with Gasteiger partial charge < -0.3 is 15.7 Å². The molecule has 4 heteroatoms. The van der Waals surface area contributed by atoms with Crippen LogP contribution in [0.3, 0.4) is 0 Å². The normalized spacial score (nSPS) is 20.5. The van der Waals surface area contributed by atoms with Crippen LogP contribution in [0.5, 0.6) is 0 Å². The van der Waals surface area contributed by atoms with E-state index in [0.717, 1.165) is 25.1 Å². The topological polar surface area (TPSA) is 73.3 Å². The lowest BCUT2D eigenvalue weighted by Crippen LogP contribution is -2.38. The molecule has 16 heavy (non-hydrogen) atoms. The van der Waals surface area contributed by atoms with E-state index in [-0.39, 0.29) is 6.10 Å². The maximum atomic E-state index is 9.59. The third-order valence-corrected chi connectivity index (χ3v) is 2.92. The molecule has 1 aromatic carbocycles. The number of hydrogen-bond acceptors (Lipinski definition) is 4. The summed E-state index contributed by atoms with van der Waals surface area (Å²) in [4.78, 5) is 2.10. The molecule has 0 aliphatic carbocycles. The maximum absolute atomic E-state index is 9.59. The summed E-state index contributed by atoms with van der Waals surface area (Å²) in [7, 11) is 0. The van der Waals surface area contributed by atoms with Gasteiger partial charge in [0, 0.05) is 18.8 Å². The van der Waals surface area contributed by atoms with E-state index < -0.39 is 0 Å². The molecule has 1 atom stereocenters. The Balaban J connectivity index is 2.21. The first-order chi connectivity index (χ1) is 7.70. The van der Waals surface area contributed by atoms with Crippen molar-refractivity contribution < 1.29 is 5.11 Å². The Bertz CT molecular complexity index is 425. The van der Waals surface area contributed by atoms with Gasteiger partial charge in [-0.15, -0.1) is 0 Å². The highest BCUT2D eigenvalue weighted by Gasteiger charge is 2.18. The van der Waals surface area contributed by atoms with Crippen LogP contribution < -0.4 is 10.6 Å². The van der Waals surface area contributed by atoms with Crippen LogP contribution in [0.1, 0.15) is 18.4 Å². The van der Waals surface area contributed by atoms with Gasteiger partial charge in [-0.05, 0) is 31.0 Å². The summed E-state index contributed by atoms with van der Waals surface area (Å²) >= 11 is 0. The van der Waals surface area contributed by atoms with Gasteiger partial charge in [-0.25, -0.2) is 0 Å². The third-order valence-electron chi connectivity index (χ3n) is 2.92. The minimum Gasteiger partial charge on any atom is -0.398 e. The highest BCUT2D eigenvalue weighted by atomic mass is 16.3. The van der Waals surface area contributed by atoms with Gasteiger partial charge in [0.2, 0.25) is 0 Å². The summed E-state index contributed by atoms with van der Waals surface area (Å²) in [5.74, 6) is 0. The molecular formula is C12H15N3O. The van der Waals surface area contributed by atoms with Crippen LogP contribution in [0.15, 0.2) is 18.2 Å². The predicted molar refractivity (Wildman–Crippen MR) is 63.0 cm³/mol. The second kappa shape index (κ2) is 4.42. The number of nitrogen functional groups attached to an aromatic ring is 1. The van der Waals surface area contributed by atoms with E-state index >= 15 is 0 Å². The number of rotatable bonds is 1. The number of β-amino-alcohol motifs (C(OH)–C–C–N with tert-alkyl or cyclic N) is 1. The monoisotopic (exact) mass is 217 g/mol. The van der Waals surface area contributed by atoms with E-state index in [4.69, 9.17) is 11.0 Å². The Labute approximate surface area is 94.9 Å². The highest BCUT2D eigenvalue weighted by Crippen LogP contribution is 2.24. The zero-order valence-electron chi connectivity index (χ0n) is 9.06. The number of benzene rings is 1. The number of hydrogen-bond donors (Lipinski definition) is 2. The van der Waals surface area contributed by atoms with Gasteiger partial charge in [0.1, 0.15) is 6.07 Å². The molecule has 0 spiro atoms. The zero-order valence-corrected chi connectivity index (χ0v) is 9.06. The number of aliphatic hydroxyl groups excluding tert-OH is 1. The second-order valence-electron chi connectivity index (χ2n) is 4.13. The molecule has 1 fully saturated rings. The van der Waals surface area contributed by atoms with Crippen LogP contribution in [0.4, 0.5) is 11.4 Å². The van der Waals surface area contributed by atoms with Crippen LogP contribution in [0, 0.1) is 11.3 Å². The molecule has 1 saturated heterocycles. The minimum absolute atomic E-state index is 0.259. The van der Waals surface area contributed by atoms with Crippen molar-refractivity contribution >= 4 is 11.4 Å². The molecule has 2 rings (SSSR count). The second-order valence-corrected chi connectivity index (χ2v) is 4.13. The van der Waals surface area contributed by atoms with Gasteiger partial charge >= 0.3 is 0 Å². The number of nitrogens with zero attached hydrogens (tertiary/aromatic N) is 2. The minimum atomic E-state index is -0.259. The summed E-state index contributed by atoms with van der Waals surface area (Å²) in [6.45, 7) is 1.58. The van der Waals surface area contributed by atoms with Crippen LogP contribution in [-0.4, -0.2) is 24.3 Å². The van der Waals surface area contributed by atoms with E-state index in [9.17, 15) is 5.11 Å². The Hall–Kier alpha value is -1.73. The molecule has 0 saturated carbocycles. The predicted octanol–water partition coefficient (Wildman–Crippen LogP) is 1.10. The Kier molecular flexibility index (Phi) is 2.97. The summed E-state index contributed by atoms with van der Waals surface area (Å²) in [5.41, 5.74) is 7.74. The number of nitriles is 1. The summed E-state index contributed by atoms with van der Waals surface area (Å²) in [6.07, 6.45) is 1.59. The van der Waals surface area contributed by atoms with Crippen molar-refractivity contribution in [2.24, 2.45) is 0 Å². The largest absolute Gasteiger partial charge is 0.398 e. The van der Waals surface area contributed by atoms with Crippen molar-refractivity contribution in [1.29, 1.82) is 5.26 Å². The molecule has 1 aliphatic heterocycles. The number of aliphatic hydroxyl groups is 1. The molecule has 0 bridgehead atoms. The van der Waals surface area contributed by atoms with Crippen molar-refractivity contribution in [3.63, 3.8) is 0 Å². The van der Waals surface area contributed by atoms with E-state index in [2.05, 4.69) is 4.90 Å². The van der Waals surface area contributed by atoms with Gasteiger partial charge in [0.25, 0.3) is 0 Å². The summed E-state index contributed by atoms with van der Waals surface area (Å²) in [6, 6.07) is 7.45. The fourth-order valence-electron chi connectivity index (χ4n) is 2.04. The van der Waals surface area contributed by atoms with Crippen LogP contribution in [0.2, 0.25) is 0 Å². The molecule has 1 unspecified atom stereocenters. The lowest BCUT2D eigenvalue weighted by Gasteiger charge is -2.32. The SMILES string of the molecule is N#Cc1ccc(N2CCCC(O)C2)cc1N. The molecule has 4 nitrogen and oxygen atoms in total. The average Bonchev–Trinajstić information content (AvgIpc) is 2.29. The molecule has 3 N–H and O–H groups in total. The Morgan fingerprint density at radius 1 is 1.50 bits per heavy atom. The Morgan fingerprint density at radius 3 is 2.94 bits per heavy atom. The van der Waals surface area contributed by atoms with Gasteiger partial charge in [0.05, 0.1) is 17.4 Å². The van der Waals surface area contributed by atoms with Crippen molar-refractivity contribution in [3.8, 4) is 6.07 Å². The summed E-state index contributed by atoms with van der Waals surface area (Å²) < 4.78 is 0. The average molecular weight is 217 g/mol. The summed E-state index contributed by atoms with van der Waals surface area (Å²) in [5, 5.41) is 18.4.